The monoisotopic (exact) mass is 329 g/mol. The SMILES string of the molecule is CN(C)CCCn1c(CCl)nc2ccc(Br)cc21. The van der Waals surface area contributed by atoms with Gasteiger partial charge in [-0.2, -0.15) is 0 Å². The first-order valence-corrected chi connectivity index (χ1v) is 7.30. The third-order valence-electron chi connectivity index (χ3n) is 2.90. The van der Waals surface area contributed by atoms with Crippen molar-refractivity contribution in [1.29, 1.82) is 0 Å². The van der Waals surface area contributed by atoms with Crippen LogP contribution in [0.5, 0.6) is 0 Å². The minimum Gasteiger partial charge on any atom is -0.327 e. The molecule has 0 fully saturated rings. The van der Waals surface area contributed by atoms with E-state index in [0.717, 1.165) is 40.8 Å². The third kappa shape index (κ3) is 3.05. The van der Waals surface area contributed by atoms with Gasteiger partial charge in [-0.25, -0.2) is 4.98 Å². The van der Waals surface area contributed by atoms with E-state index < -0.39 is 0 Å². The molecule has 0 saturated carbocycles. The summed E-state index contributed by atoms with van der Waals surface area (Å²) in [6.45, 7) is 2.02. The first kappa shape index (κ1) is 13.8. The van der Waals surface area contributed by atoms with Gasteiger partial charge in [-0.05, 0) is 45.3 Å². The molecule has 0 aliphatic rings. The van der Waals surface area contributed by atoms with Crippen LogP contribution in [0.25, 0.3) is 11.0 Å². The standard InChI is InChI=1S/C13H17BrClN3/c1-17(2)6-3-7-18-12-8-10(14)4-5-11(12)16-13(18)9-15/h4-5,8H,3,6-7,9H2,1-2H3. The average molecular weight is 331 g/mol. The van der Waals surface area contributed by atoms with Gasteiger partial charge in [-0.15, -0.1) is 11.6 Å². The molecule has 3 nitrogen and oxygen atoms in total. The van der Waals surface area contributed by atoms with E-state index in [4.69, 9.17) is 11.6 Å². The van der Waals surface area contributed by atoms with Crippen LogP contribution >= 0.6 is 27.5 Å². The van der Waals surface area contributed by atoms with Crippen molar-refractivity contribution < 1.29 is 0 Å². The van der Waals surface area contributed by atoms with E-state index in [1.807, 2.05) is 12.1 Å². The second-order valence-corrected chi connectivity index (χ2v) is 5.79. The molecular formula is C13H17BrClN3. The molecule has 0 aliphatic heterocycles. The Bertz CT molecular complexity index is 536. The summed E-state index contributed by atoms with van der Waals surface area (Å²) in [5.41, 5.74) is 2.16. The summed E-state index contributed by atoms with van der Waals surface area (Å²) in [7, 11) is 4.18. The third-order valence-corrected chi connectivity index (χ3v) is 3.63. The summed E-state index contributed by atoms with van der Waals surface area (Å²) in [5, 5.41) is 0. The summed E-state index contributed by atoms with van der Waals surface area (Å²) < 4.78 is 3.29. The fourth-order valence-electron chi connectivity index (χ4n) is 2.04. The van der Waals surface area contributed by atoms with Gasteiger partial charge in [0.25, 0.3) is 0 Å². The minimum atomic E-state index is 0.453. The highest BCUT2D eigenvalue weighted by molar-refractivity contribution is 9.10. The molecular weight excluding hydrogens is 314 g/mol. The van der Waals surface area contributed by atoms with E-state index in [9.17, 15) is 0 Å². The number of hydrogen-bond acceptors (Lipinski definition) is 2. The zero-order valence-electron chi connectivity index (χ0n) is 10.7. The highest BCUT2D eigenvalue weighted by atomic mass is 79.9. The van der Waals surface area contributed by atoms with Gasteiger partial charge in [0.1, 0.15) is 5.82 Å². The maximum absolute atomic E-state index is 5.98. The Hall–Kier alpha value is -0.580. The number of nitrogens with zero attached hydrogens (tertiary/aromatic N) is 3. The van der Waals surface area contributed by atoms with Crippen molar-refractivity contribution in [3.63, 3.8) is 0 Å². The van der Waals surface area contributed by atoms with Gasteiger partial charge in [0.15, 0.2) is 0 Å². The van der Waals surface area contributed by atoms with Crippen LogP contribution in [-0.2, 0) is 12.4 Å². The van der Waals surface area contributed by atoms with Crippen molar-refractivity contribution in [1.82, 2.24) is 14.5 Å². The van der Waals surface area contributed by atoms with Crippen molar-refractivity contribution in [3.8, 4) is 0 Å². The van der Waals surface area contributed by atoms with Gasteiger partial charge < -0.3 is 9.47 Å². The molecule has 0 bridgehead atoms. The van der Waals surface area contributed by atoms with Gasteiger partial charge in [-0.1, -0.05) is 15.9 Å². The summed E-state index contributed by atoms with van der Waals surface area (Å²) in [6.07, 6.45) is 1.09. The molecule has 0 amide bonds. The number of benzene rings is 1. The van der Waals surface area contributed by atoms with Crippen molar-refractivity contribution >= 4 is 38.6 Å². The fraction of sp³-hybridized carbons (Fsp3) is 0.462. The second-order valence-electron chi connectivity index (χ2n) is 4.60. The van der Waals surface area contributed by atoms with E-state index in [1.165, 1.54) is 0 Å². The van der Waals surface area contributed by atoms with E-state index in [2.05, 4.69) is 50.5 Å². The molecule has 2 rings (SSSR count). The molecule has 98 valence electrons. The molecule has 0 N–H and O–H groups in total. The van der Waals surface area contributed by atoms with Crippen LogP contribution in [0.3, 0.4) is 0 Å². The summed E-state index contributed by atoms with van der Waals surface area (Å²) in [5.74, 6) is 1.40. The fourth-order valence-corrected chi connectivity index (χ4v) is 2.60. The molecule has 0 atom stereocenters. The lowest BCUT2D eigenvalue weighted by Gasteiger charge is -2.11. The largest absolute Gasteiger partial charge is 0.327 e. The minimum absolute atomic E-state index is 0.453. The van der Waals surface area contributed by atoms with Crippen LogP contribution in [0.1, 0.15) is 12.2 Å². The molecule has 0 aliphatic carbocycles. The van der Waals surface area contributed by atoms with E-state index in [0.29, 0.717) is 5.88 Å². The number of rotatable bonds is 5. The highest BCUT2D eigenvalue weighted by Crippen LogP contribution is 2.22. The Balaban J connectivity index is 2.30. The van der Waals surface area contributed by atoms with Gasteiger partial charge >= 0.3 is 0 Å². The highest BCUT2D eigenvalue weighted by Gasteiger charge is 2.10. The Labute approximate surface area is 121 Å². The smallest absolute Gasteiger partial charge is 0.124 e. The first-order chi connectivity index (χ1) is 8.61. The van der Waals surface area contributed by atoms with Crippen molar-refractivity contribution in [2.75, 3.05) is 20.6 Å². The van der Waals surface area contributed by atoms with Crippen molar-refractivity contribution in [2.24, 2.45) is 0 Å². The number of aromatic nitrogens is 2. The van der Waals surface area contributed by atoms with Crippen LogP contribution < -0.4 is 0 Å². The normalized spacial score (nSPS) is 11.6. The molecule has 0 unspecified atom stereocenters. The molecule has 1 heterocycles. The number of halogens is 2. The van der Waals surface area contributed by atoms with Crippen LogP contribution in [-0.4, -0.2) is 35.1 Å². The maximum atomic E-state index is 5.98. The van der Waals surface area contributed by atoms with Gasteiger partial charge in [0, 0.05) is 11.0 Å². The van der Waals surface area contributed by atoms with Gasteiger partial charge in [0.2, 0.25) is 0 Å². The predicted octanol–water partition coefficient (Wildman–Crippen LogP) is 3.49. The lowest BCUT2D eigenvalue weighted by molar-refractivity contribution is 0.386. The quantitative estimate of drug-likeness (QED) is 0.783. The summed E-state index contributed by atoms with van der Waals surface area (Å²) >= 11 is 9.49. The molecule has 2 aromatic rings. The van der Waals surface area contributed by atoms with E-state index in [-0.39, 0.29) is 0 Å². The zero-order chi connectivity index (χ0) is 13.1. The zero-order valence-corrected chi connectivity index (χ0v) is 13.0. The Morgan fingerprint density at radius 2 is 2.17 bits per heavy atom. The number of alkyl halides is 1. The lowest BCUT2D eigenvalue weighted by atomic mass is 10.3. The maximum Gasteiger partial charge on any atom is 0.124 e. The number of imidazole rings is 1. The Morgan fingerprint density at radius 3 is 2.83 bits per heavy atom. The Kier molecular flexibility index (Phi) is 4.65. The molecule has 0 radical (unpaired) electrons. The molecule has 1 aromatic carbocycles. The van der Waals surface area contributed by atoms with Gasteiger partial charge in [0.05, 0.1) is 16.9 Å². The van der Waals surface area contributed by atoms with E-state index in [1.54, 1.807) is 0 Å². The van der Waals surface area contributed by atoms with Crippen molar-refractivity contribution in [3.05, 3.63) is 28.5 Å². The molecule has 0 spiro atoms. The molecule has 18 heavy (non-hydrogen) atoms. The Morgan fingerprint density at radius 1 is 1.39 bits per heavy atom. The topological polar surface area (TPSA) is 21.1 Å². The predicted molar refractivity (Wildman–Crippen MR) is 80.2 cm³/mol. The van der Waals surface area contributed by atoms with Crippen LogP contribution in [0.15, 0.2) is 22.7 Å². The number of aryl methyl sites for hydroxylation is 1. The lowest BCUT2D eigenvalue weighted by Crippen LogP contribution is -2.15. The number of hydrogen-bond donors (Lipinski definition) is 0. The summed E-state index contributed by atoms with van der Waals surface area (Å²) in [4.78, 5) is 6.76. The van der Waals surface area contributed by atoms with Crippen molar-refractivity contribution in [2.45, 2.75) is 18.8 Å². The second kappa shape index (κ2) is 6.04. The summed E-state index contributed by atoms with van der Waals surface area (Å²) in [6, 6.07) is 6.14. The van der Waals surface area contributed by atoms with E-state index >= 15 is 0 Å². The van der Waals surface area contributed by atoms with Gasteiger partial charge in [-0.3, -0.25) is 0 Å². The molecule has 5 heteroatoms. The van der Waals surface area contributed by atoms with Crippen LogP contribution in [0.4, 0.5) is 0 Å². The first-order valence-electron chi connectivity index (χ1n) is 5.97. The van der Waals surface area contributed by atoms with Crippen LogP contribution in [0, 0.1) is 0 Å². The van der Waals surface area contributed by atoms with Crippen LogP contribution in [0.2, 0.25) is 0 Å². The number of fused-ring (bicyclic) bond motifs is 1. The molecule has 1 aromatic heterocycles. The molecule has 0 saturated heterocycles. The average Bonchev–Trinajstić information content (AvgIpc) is 2.66.